The van der Waals surface area contributed by atoms with E-state index in [1.54, 1.807) is 0 Å². The van der Waals surface area contributed by atoms with Crippen molar-refractivity contribution < 1.29 is 0 Å². The van der Waals surface area contributed by atoms with Crippen LogP contribution in [0.2, 0.25) is 0 Å². The lowest BCUT2D eigenvalue weighted by atomic mass is 10.1. The Kier molecular flexibility index (Phi) is 5.32. The van der Waals surface area contributed by atoms with Crippen molar-refractivity contribution in [2.75, 3.05) is 0 Å². The molecule has 0 radical (unpaired) electrons. The van der Waals surface area contributed by atoms with Crippen molar-refractivity contribution in [1.29, 1.82) is 0 Å². The minimum atomic E-state index is 0.621. The Hall–Kier alpha value is -6.57. The highest BCUT2D eigenvalue weighted by Gasteiger charge is 2.26. The lowest BCUT2D eigenvalue weighted by Crippen LogP contribution is -2.02. The number of aromatic nitrogens is 3. The van der Waals surface area contributed by atoms with Gasteiger partial charge in [-0.3, -0.25) is 0 Å². The van der Waals surface area contributed by atoms with Crippen LogP contribution in [-0.4, -0.2) is 13.7 Å². The van der Waals surface area contributed by atoms with Crippen LogP contribution in [0.5, 0.6) is 0 Å². The standard InChI is InChI=1S/C43H26N4/c1-44-42-40(47-36-24-12-7-19-31(36)32-20-8-13-25-37(32)47)27-39(46-34-22-10-5-17-29(34)30-18-6-11-23-35(30)46)41-33-21-9-14-26-38(33)45(43(41)42)28-15-3-2-4-16-28/h2-27H. The molecule has 4 heteroatoms. The highest BCUT2D eigenvalue weighted by molar-refractivity contribution is 6.21. The van der Waals surface area contributed by atoms with E-state index in [2.05, 4.69) is 170 Å². The fraction of sp³-hybridized carbons (Fsp3) is 0. The third kappa shape index (κ3) is 3.46. The van der Waals surface area contributed by atoms with E-state index in [9.17, 15) is 0 Å². The summed E-state index contributed by atoms with van der Waals surface area (Å²) in [5, 5.41) is 6.92. The van der Waals surface area contributed by atoms with Gasteiger partial charge in [-0.2, -0.15) is 0 Å². The maximum atomic E-state index is 8.82. The molecule has 0 unspecified atom stereocenters. The van der Waals surface area contributed by atoms with E-state index < -0.39 is 0 Å². The van der Waals surface area contributed by atoms with Crippen LogP contribution in [0.25, 0.3) is 87.3 Å². The summed E-state index contributed by atoms with van der Waals surface area (Å²) in [5.41, 5.74) is 9.96. The molecule has 0 fully saturated rings. The lowest BCUT2D eigenvalue weighted by Gasteiger charge is -2.18. The summed E-state index contributed by atoms with van der Waals surface area (Å²) in [4.78, 5) is 4.40. The molecule has 3 heterocycles. The molecule has 47 heavy (non-hydrogen) atoms. The van der Waals surface area contributed by atoms with Crippen molar-refractivity contribution in [2.45, 2.75) is 0 Å². The molecular formula is C43H26N4. The molecule has 0 aliphatic rings. The maximum absolute atomic E-state index is 8.82. The fourth-order valence-corrected chi connectivity index (χ4v) is 7.78. The van der Waals surface area contributed by atoms with E-state index in [1.807, 2.05) is 6.07 Å². The first kappa shape index (κ1) is 25.7. The van der Waals surface area contributed by atoms with Gasteiger partial charge in [-0.25, -0.2) is 4.85 Å². The number of para-hydroxylation sites is 6. The van der Waals surface area contributed by atoms with Crippen LogP contribution in [0.3, 0.4) is 0 Å². The minimum Gasteiger partial charge on any atom is -0.319 e. The van der Waals surface area contributed by atoms with Gasteiger partial charge in [0.1, 0.15) is 0 Å². The first-order chi connectivity index (χ1) is 23.3. The van der Waals surface area contributed by atoms with Gasteiger partial charge in [-0.05, 0) is 48.5 Å². The monoisotopic (exact) mass is 598 g/mol. The molecule has 3 aromatic heterocycles. The molecule has 10 rings (SSSR count). The van der Waals surface area contributed by atoms with Crippen LogP contribution in [0.1, 0.15) is 0 Å². The zero-order valence-electron chi connectivity index (χ0n) is 25.3. The predicted molar refractivity (Wildman–Crippen MR) is 196 cm³/mol. The van der Waals surface area contributed by atoms with Crippen LogP contribution in [0, 0.1) is 6.57 Å². The number of rotatable bonds is 3. The second-order valence-corrected chi connectivity index (χ2v) is 12.0. The summed E-state index contributed by atoms with van der Waals surface area (Å²) in [6, 6.07) is 55.6. The van der Waals surface area contributed by atoms with Crippen LogP contribution >= 0.6 is 0 Å². The van der Waals surface area contributed by atoms with Crippen molar-refractivity contribution in [3.05, 3.63) is 169 Å². The Morgan fingerprint density at radius 1 is 0.383 bits per heavy atom. The van der Waals surface area contributed by atoms with Crippen molar-refractivity contribution in [3.63, 3.8) is 0 Å². The van der Waals surface area contributed by atoms with Gasteiger partial charge in [0, 0.05) is 38.0 Å². The van der Waals surface area contributed by atoms with Crippen LogP contribution in [0.4, 0.5) is 5.69 Å². The Morgan fingerprint density at radius 2 is 0.766 bits per heavy atom. The van der Waals surface area contributed by atoms with Gasteiger partial charge in [-0.1, -0.05) is 109 Å². The van der Waals surface area contributed by atoms with Gasteiger partial charge >= 0.3 is 0 Å². The minimum absolute atomic E-state index is 0.621. The molecular weight excluding hydrogens is 573 g/mol. The number of nitrogens with zero attached hydrogens (tertiary/aromatic N) is 4. The summed E-state index contributed by atoms with van der Waals surface area (Å²) < 4.78 is 6.98. The summed E-state index contributed by atoms with van der Waals surface area (Å²) >= 11 is 0. The number of hydrogen-bond donors (Lipinski definition) is 0. The Balaban J connectivity index is 1.51. The van der Waals surface area contributed by atoms with Gasteiger partial charge < -0.3 is 13.7 Å². The molecule has 4 nitrogen and oxygen atoms in total. The van der Waals surface area contributed by atoms with E-state index in [0.717, 1.165) is 60.9 Å². The number of hydrogen-bond acceptors (Lipinski definition) is 0. The summed E-state index contributed by atoms with van der Waals surface area (Å²) in [6.07, 6.45) is 0. The second kappa shape index (κ2) is 9.71. The van der Waals surface area contributed by atoms with Crippen LogP contribution < -0.4 is 0 Å². The first-order valence-corrected chi connectivity index (χ1v) is 15.8. The largest absolute Gasteiger partial charge is 0.319 e. The van der Waals surface area contributed by atoms with Gasteiger partial charge in [0.25, 0.3) is 0 Å². The number of fused-ring (bicyclic) bond motifs is 9. The van der Waals surface area contributed by atoms with Gasteiger partial charge in [-0.15, -0.1) is 0 Å². The lowest BCUT2D eigenvalue weighted by molar-refractivity contribution is 1.14. The molecule has 0 saturated heterocycles. The van der Waals surface area contributed by atoms with Crippen molar-refractivity contribution in [1.82, 2.24) is 13.7 Å². The average Bonchev–Trinajstić information content (AvgIpc) is 3.78. The Labute approximate surface area is 270 Å². The van der Waals surface area contributed by atoms with E-state index in [-0.39, 0.29) is 0 Å². The molecule has 0 aliphatic carbocycles. The first-order valence-electron chi connectivity index (χ1n) is 15.8. The quantitative estimate of drug-likeness (QED) is 0.180. The molecule has 0 atom stereocenters. The van der Waals surface area contributed by atoms with Gasteiger partial charge in [0.15, 0.2) is 0 Å². The van der Waals surface area contributed by atoms with Crippen molar-refractivity contribution >= 4 is 71.1 Å². The average molecular weight is 599 g/mol. The van der Waals surface area contributed by atoms with Gasteiger partial charge in [0.05, 0.1) is 51.0 Å². The normalized spacial score (nSPS) is 11.8. The zero-order valence-corrected chi connectivity index (χ0v) is 25.3. The molecule has 0 aliphatic heterocycles. The molecule has 0 saturated carbocycles. The molecule has 0 N–H and O–H groups in total. The Morgan fingerprint density at radius 3 is 1.23 bits per heavy atom. The highest BCUT2D eigenvalue weighted by Crippen LogP contribution is 2.47. The highest BCUT2D eigenvalue weighted by atomic mass is 15.1. The summed E-state index contributed by atoms with van der Waals surface area (Å²) in [6.45, 7) is 8.82. The van der Waals surface area contributed by atoms with Gasteiger partial charge in [0.2, 0.25) is 5.69 Å². The predicted octanol–water partition coefficient (Wildman–Crippen LogP) is 11.5. The second-order valence-electron chi connectivity index (χ2n) is 12.0. The Bertz CT molecular complexity index is 2810. The van der Waals surface area contributed by atoms with Crippen LogP contribution in [-0.2, 0) is 0 Å². The summed E-state index contributed by atoms with van der Waals surface area (Å²) in [5.74, 6) is 0. The fourth-order valence-electron chi connectivity index (χ4n) is 7.78. The third-order valence-electron chi connectivity index (χ3n) is 9.64. The molecule has 0 bridgehead atoms. The number of benzene rings is 7. The molecule has 0 spiro atoms. The third-order valence-corrected chi connectivity index (χ3v) is 9.64. The molecule has 10 aromatic rings. The topological polar surface area (TPSA) is 19.1 Å². The van der Waals surface area contributed by atoms with E-state index in [4.69, 9.17) is 6.57 Å². The smallest absolute Gasteiger partial charge is 0.234 e. The van der Waals surface area contributed by atoms with E-state index in [0.29, 0.717) is 5.69 Å². The van der Waals surface area contributed by atoms with Crippen molar-refractivity contribution in [2.24, 2.45) is 0 Å². The molecule has 7 aromatic carbocycles. The van der Waals surface area contributed by atoms with E-state index >= 15 is 0 Å². The zero-order chi connectivity index (χ0) is 31.1. The van der Waals surface area contributed by atoms with E-state index in [1.165, 1.54) is 21.5 Å². The molecule has 218 valence electrons. The summed E-state index contributed by atoms with van der Waals surface area (Å²) in [7, 11) is 0. The maximum Gasteiger partial charge on any atom is 0.234 e. The van der Waals surface area contributed by atoms with Crippen molar-refractivity contribution in [3.8, 4) is 17.1 Å². The molecule has 0 amide bonds. The van der Waals surface area contributed by atoms with Crippen LogP contribution in [0.15, 0.2) is 158 Å². The SMILES string of the molecule is [C-]#[N+]c1c(-n2c3ccccc3c3ccccc32)cc(-n2c3ccccc3c3ccccc32)c2c3ccccc3n(-c3ccccc3)c12.